The molecule has 2 N–H and O–H groups in total. The average molecular weight is 223 g/mol. The highest BCUT2D eigenvalue weighted by molar-refractivity contribution is 7.99. The van der Waals surface area contributed by atoms with Crippen LogP contribution in [0.5, 0.6) is 0 Å². The van der Waals surface area contributed by atoms with Gasteiger partial charge in [0, 0.05) is 18.3 Å². The average Bonchev–Trinajstić information content (AvgIpc) is 2.49. The Morgan fingerprint density at radius 3 is 3.13 bits per heavy atom. The highest BCUT2D eigenvalue weighted by Gasteiger charge is 2.17. The molecule has 2 nitrogen and oxygen atoms in total. The van der Waals surface area contributed by atoms with E-state index in [0.29, 0.717) is 12.6 Å². The van der Waals surface area contributed by atoms with Gasteiger partial charge < -0.3 is 10.4 Å². The number of fused-ring (bicyclic) bond motifs is 1. The molecule has 0 amide bonds. The van der Waals surface area contributed by atoms with Gasteiger partial charge in [0.25, 0.3) is 0 Å². The molecule has 0 saturated carbocycles. The van der Waals surface area contributed by atoms with E-state index in [1.54, 1.807) is 0 Å². The van der Waals surface area contributed by atoms with Crippen LogP contribution in [-0.2, 0) is 6.42 Å². The second-order valence-electron chi connectivity index (χ2n) is 3.75. The molecule has 1 aromatic carbocycles. The first-order valence-corrected chi connectivity index (χ1v) is 6.57. The van der Waals surface area contributed by atoms with Crippen LogP contribution in [0.4, 0.5) is 0 Å². The fourth-order valence-electron chi connectivity index (χ4n) is 1.98. The van der Waals surface area contributed by atoms with Crippen molar-refractivity contribution in [3.8, 4) is 0 Å². The molecule has 15 heavy (non-hydrogen) atoms. The summed E-state index contributed by atoms with van der Waals surface area (Å²) in [7, 11) is 0. The maximum atomic E-state index is 8.85. The zero-order valence-corrected chi connectivity index (χ0v) is 9.59. The summed E-state index contributed by atoms with van der Waals surface area (Å²) in [5.41, 5.74) is 2.87. The first-order chi connectivity index (χ1) is 7.42. The van der Waals surface area contributed by atoms with Gasteiger partial charge in [0.05, 0.1) is 6.61 Å². The van der Waals surface area contributed by atoms with Crippen LogP contribution in [0, 0.1) is 0 Å². The molecule has 1 aromatic rings. The molecule has 3 heteroatoms. The van der Waals surface area contributed by atoms with Crippen molar-refractivity contribution < 1.29 is 5.11 Å². The third-order valence-corrected chi connectivity index (χ3v) is 3.80. The van der Waals surface area contributed by atoms with Crippen molar-refractivity contribution in [1.82, 2.24) is 5.32 Å². The maximum absolute atomic E-state index is 8.85. The first kappa shape index (κ1) is 11.0. The Labute approximate surface area is 95.1 Å². The van der Waals surface area contributed by atoms with E-state index >= 15 is 0 Å². The third-order valence-electron chi connectivity index (χ3n) is 2.73. The van der Waals surface area contributed by atoms with Gasteiger partial charge in [-0.3, -0.25) is 0 Å². The lowest BCUT2D eigenvalue weighted by Gasteiger charge is -2.18. The van der Waals surface area contributed by atoms with Gasteiger partial charge in [-0.05, 0) is 23.3 Å². The Morgan fingerprint density at radius 2 is 2.27 bits per heavy atom. The molecule has 1 unspecified atom stereocenters. The van der Waals surface area contributed by atoms with Crippen molar-refractivity contribution in [3.05, 3.63) is 35.4 Å². The molecule has 0 aliphatic carbocycles. The molecule has 0 radical (unpaired) electrons. The Balaban J connectivity index is 2.17. The van der Waals surface area contributed by atoms with E-state index in [2.05, 4.69) is 29.6 Å². The van der Waals surface area contributed by atoms with Crippen LogP contribution in [0.2, 0.25) is 0 Å². The SMILES string of the molecule is OCCNC1CSCCc2ccccc21. The smallest absolute Gasteiger partial charge is 0.0556 e. The van der Waals surface area contributed by atoms with Crippen molar-refractivity contribution in [2.45, 2.75) is 12.5 Å². The molecular weight excluding hydrogens is 206 g/mol. The quantitative estimate of drug-likeness (QED) is 0.816. The minimum absolute atomic E-state index is 0.212. The van der Waals surface area contributed by atoms with Crippen molar-refractivity contribution >= 4 is 11.8 Å². The number of benzene rings is 1. The zero-order chi connectivity index (χ0) is 10.5. The summed E-state index contributed by atoms with van der Waals surface area (Å²) in [6.45, 7) is 0.892. The minimum Gasteiger partial charge on any atom is -0.395 e. The van der Waals surface area contributed by atoms with Crippen LogP contribution in [0.25, 0.3) is 0 Å². The van der Waals surface area contributed by atoms with E-state index < -0.39 is 0 Å². The molecule has 0 saturated heterocycles. The number of rotatable bonds is 3. The van der Waals surface area contributed by atoms with E-state index in [4.69, 9.17) is 5.11 Å². The maximum Gasteiger partial charge on any atom is 0.0556 e. The Kier molecular flexibility index (Phi) is 4.06. The van der Waals surface area contributed by atoms with E-state index in [1.807, 2.05) is 11.8 Å². The molecule has 0 spiro atoms. The van der Waals surface area contributed by atoms with Crippen molar-refractivity contribution in [3.63, 3.8) is 0 Å². The number of thioether (sulfide) groups is 1. The van der Waals surface area contributed by atoms with Gasteiger partial charge >= 0.3 is 0 Å². The Hall–Kier alpha value is -0.510. The number of aliphatic hydroxyl groups is 1. The molecule has 0 bridgehead atoms. The topological polar surface area (TPSA) is 32.3 Å². The van der Waals surface area contributed by atoms with Crippen LogP contribution in [0.3, 0.4) is 0 Å². The predicted octanol–water partition coefficient (Wildman–Crippen LogP) is 1.60. The van der Waals surface area contributed by atoms with Crippen molar-refractivity contribution in [1.29, 1.82) is 0 Å². The van der Waals surface area contributed by atoms with Gasteiger partial charge in [-0.1, -0.05) is 24.3 Å². The first-order valence-electron chi connectivity index (χ1n) is 5.41. The lowest BCUT2D eigenvalue weighted by atomic mass is 10.00. The summed E-state index contributed by atoms with van der Waals surface area (Å²) >= 11 is 1.99. The zero-order valence-electron chi connectivity index (χ0n) is 8.78. The molecule has 1 aliphatic rings. The highest BCUT2D eigenvalue weighted by Crippen LogP contribution is 2.27. The van der Waals surface area contributed by atoms with Crippen LogP contribution in [0.1, 0.15) is 17.2 Å². The van der Waals surface area contributed by atoms with Gasteiger partial charge in [-0.15, -0.1) is 0 Å². The lowest BCUT2D eigenvalue weighted by molar-refractivity contribution is 0.286. The van der Waals surface area contributed by atoms with Gasteiger partial charge in [0.15, 0.2) is 0 Å². The van der Waals surface area contributed by atoms with Crippen LogP contribution in [-0.4, -0.2) is 29.8 Å². The van der Waals surface area contributed by atoms with Crippen molar-refractivity contribution in [2.75, 3.05) is 24.7 Å². The van der Waals surface area contributed by atoms with Gasteiger partial charge in [0.1, 0.15) is 0 Å². The van der Waals surface area contributed by atoms with E-state index in [-0.39, 0.29) is 6.61 Å². The summed E-state index contributed by atoms with van der Waals surface area (Å²) in [5.74, 6) is 2.31. The number of hydrogen-bond donors (Lipinski definition) is 2. The van der Waals surface area contributed by atoms with Gasteiger partial charge in [-0.2, -0.15) is 11.8 Å². The number of aryl methyl sites for hydroxylation is 1. The third kappa shape index (κ3) is 2.74. The molecule has 0 aromatic heterocycles. The van der Waals surface area contributed by atoms with Crippen LogP contribution >= 0.6 is 11.8 Å². The van der Waals surface area contributed by atoms with Crippen LogP contribution in [0.15, 0.2) is 24.3 Å². The van der Waals surface area contributed by atoms with Gasteiger partial charge in [0.2, 0.25) is 0 Å². The lowest BCUT2D eigenvalue weighted by Crippen LogP contribution is -2.26. The standard InChI is InChI=1S/C12H17NOS/c14-7-6-13-12-9-15-8-5-10-3-1-2-4-11(10)12/h1-4,12-14H,5-9H2. The highest BCUT2D eigenvalue weighted by atomic mass is 32.2. The Morgan fingerprint density at radius 1 is 1.40 bits per heavy atom. The second kappa shape index (κ2) is 5.54. The Bertz CT molecular complexity index is 316. The minimum atomic E-state index is 0.212. The fourth-order valence-corrected chi connectivity index (χ4v) is 3.05. The van der Waals surface area contributed by atoms with E-state index in [1.165, 1.54) is 16.9 Å². The van der Waals surface area contributed by atoms with Crippen LogP contribution < -0.4 is 5.32 Å². The molecule has 2 rings (SSSR count). The van der Waals surface area contributed by atoms with E-state index in [9.17, 15) is 0 Å². The summed E-state index contributed by atoms with van der Waals surface area (Å²) in [5, 5.41) is 12.2. The summed E-state index contributed by atoms with van der Waals surface area (Å²) < 4.78 is 0. The molecule has 1 aliphatic heterocycles. The molecular formula is C12H17NOS. The summed E-state index contributed by atoms with van der Waals surface area (Å²) in [6, 6.07) is 9.03. The van der Waals surface area contributed by atoms with Gasteiger partial charge in [-0.25, -0.2) is 0 Å². The number of aliphatic hydroxyl groups excluding tert-OH is 1. The normalized spacial score (nSPS) is 20.7. The summed E-state index contributed by atoms with van der Waals surface area (Å²) in [4.78, 5) is 0. The molecule has 0 fully saturated rings. The summed E-state index contributed by atoms with van der Waals surface area (Å²) in [6.07, 6.45) is 1.16. The predicted molar refractivity (Wildman–Crippen MR) is 65.3 cm³/mol. The molecule has 1 heterocycles. The monoisotopic (exact) mass is 223 g/mol. The number of hydrogen-bond acceptors (Lipinski definition) is 3. The number of nitrogens with one attached hydrogen (secondary N) is 1. The largest absolute Gasteiger partial charge is 0.395 e. The van der Waals surface area contributed by atoms with E-state index in [0.717, 1.165) is 12.2 Å². The second-order valence-corrected chi connectivity index (χ2v) is 4.90. The molecule has 82 valence electrons. The fraction of sp³-hybridized carbons (Fsp3) is 0.500. The van der Waals surface area contributed by atoms with Crippen molar-refractivity contribution in [2.24, 2.45) is 0 Å². The molecule has 1 atom stereocenters.